The topological polar surface area (TPSA) is 39.4 Å². The van der Waals surface area contributed by atoms with Crippen LogP contribution in [0.1, 0.15) is 12.8 Å². The Labute approximate surface area is 81.5 Å². The summed E-state index contributed by atoms with van der Waals surface area (Å²) in [7, 11) is 0. The van der Waals surface area contributed by atoms with E-state index in [1.165, 1.54) is 12.8 Å². The highest BCUT2D eigenvalue weighted by atomic mass is 16.5. The SMILES string of the molecule is c1cc2nc(OCC3CC3)ccn2n1. The largest absolute Gasteiger partial charge is 0.477 e. The highest BCUT2D eigenvalue weighted by Gasteiger charge is 2.22. The van der Waals surface area contributed by atoms with Crippen molar-refractivity contribution in [2.45, 2.75) is 12.8 Å². The molecule has 1 aliphatic carbocycles. The van der Waals surface area contributed by atoms with Crippen LogP contribution in [-0.2, 0) is 0 Å². The molecule has 2 aromatic rings. The lowest BCUT2D eigenvalue weighted by atomic mass is 10.5. The first-order chi connectivity index (χ1) is 6.92. The number of hydrogen-bond donors (Lipinski definition) is 0. The summed E-state index contributed by atoms with van der Waals surface area (Å²) in [5.41, 5.74) is 0.832. The maximum Gasteiger partial charge on any atom is 0.216 e. The Hall–Kier alpha value is -1.58. The number of aromatic nitrogens is 3. The third kappa shape index (κ3) is 1.43. The van der Waals surface area contributed by atoms with Gasteiger partial charge in [0.2, 0.25) is 5.88 Å². The van der Waals surface area contributed by atoms with Gasteiger partial charge < -0.3 is 4.74 Å². The Bertz CT molecular complexity index is 447. The summed E-state index contributed by atoms with van der Waals surface area (Å²) in [6, 6.07) is 3.71. The Kier molecular flexibility index (Phi) is 1.65. The van der Waals surface area contributed by atoms with E-state index in [1.54, 1.807) is 10.7 Å². The van der Waals surface area contributed by atoms with E-state index in [0.29, 0.717) is 5.88 Å². The quantitative estimate of drug-likeness (QED) is 0.734. The molecule has 0 N–H and O–H groups in total. The number of fused-ring (bicyclic) bond motifs is 1. The molecule has 2 heterocycles. The summed E-state index contributed by atoms with van der Waals surface area (Å²) in [6.45, 7) is 0.803. The number of rotatable bonds is 3. The molecule has 14 heavy (non-hydrogen) atoms. The van der Waals surface area contributed by atoms with Crippen LogP contribution >= 0.6 is 0 Å². The number of hydrogen-bond acceptors (Lipinski definition) is 3. The van der Waals surface area contributed by atoms with Crippen LogP contribution in [0.25, 0.3) is 5.65 Å². The molecular formula is C10H11N3O. The molecule has 72 valence electrons. The third-order valence-electron chi connectivity index (χ3n) is 2.40. The highest BCUT2D eigenvalue weighted by molar-refractivity contribution is 5.37. The standard InChI is InChI=1S/C10H11N3O/c1-2-8(1)7-14-10-4-6-13-9(12-10)3-5-11-13/h3-6,8H,1-2,7H2. The fourth-order valence-electron chi connectivity index (χ4n) is 1.36. The first-order valence-electron chi connectivity index (χ1n) is 4.85. The van der Waals surface area contributed by atoms with Gasteiger partial charge in [-0.3, -0.25) is 0 Å². The van der Waals surface area contributed by atoms with Crippen molar-refractivity contribution < 1.29 is 4.74 Å². The second-order valence-corrected chi connectivity index (χ2v) is 3.65. The molecule has 2 aromatic heterocycles. The molecule has 0 atom stereocenters. The summed E-state index contributed by atoms with van der Waals surface area (Å²) in [5.74, 6) is 1.46. The molecule has 4 heteroatoms. The van der Waals surface area contributed by atoms with Gasteiger partial charge in [-0.1, -0.05) is 0 Å². The summed E-state index contributed by atoms with van der Waals surface area (Å²) < 4.78 is 7.28. The van der Waals surface area contributed by atoms with E-state index in [-0.39, 0.29) is 0 Å². The smallest absolute Gasteiger partial charge is 0.216 e. The van der Waals surface area contributed by atoms with Crippen molar-refractivity contribution in [3.8, 4) is 5.88 Å². The second-order valence-electron chi connectivity index (χ2n) is 3.65. The van der Waals surface area contributed by atoms with Crippen LogP contribution in [0.15, 0.2) is 24.5 Å². The Balaban J connectivity index is 1.81. The molecule has 0 saturated heterocycles. The van der Waals surface area contributed by atoms with Crippen molar-refractivity contribution in [1.82, 2.24) is 14.6 Å². The molecule has 0 aromatic carbocycles. The lowest BCUT2D eigenvalue weighted by Gasteiger charge is -2.03. The zero-order valence-corrected chi connectivity index (χ0v) is 7.76. The van der Waals surface area contributed by atoms with E-state index in [2.05, 4.69) is 10.1 Å². The molecule has 0 aliphatic heterocycles. The van der Waals surface area contributed by atoms with Gasteiger partial charge in [0.05, 0.1) is 12.8 Å². The van der Waals surface area contributed by atoms with Crippen molar-refractivity contribution in [3.05, 3.63) is 24.5 Å². The number of ether oxygens (including phenoxy) is 1. The summed E-state index contributed by atoms with van der Waals surface area (Å²) in [4.78, 5) is 4.31. The molecule has 1 saturated carbocycles. The zero-order valence-electron chi connectivity index (χ0n) is 7.76. The van der Waals surface area contributed by atoms with E-state index in [9.17, 15) is 0 Å². The summed E-state index contributed by atoms with van der Waals surface area (Å²) in [6.07, 6.45) is 6.20. The average Bonchev–Trinajstić information content (AvgIpc) is 2.92. The molecule has 0 unspecified atom stereocenters. The summed E-state index contributed by atoms with van der Waals surface area (Å²) in [5, 5.41) is 4.07. The van der Waals surface area contributed by atoms with Gasteiger partial charge in [0.1, 0.15) is 0 Å². The highest BCUT2D eigenvalue weighted by Crippen LogP contribution is 2.29. The molecular weight excluding hydrogens is 178 g/mol. The Morgan fingerprint density at radius 3 is 3.21 bits per heavy atom. The van der Waals surface area contributed by atoms with E-state index >= 15 is 0 Å². The van der Waals surface area contributed by atoms with E-state index in [0.717, 1.165) is 18.2 Å². The molecule has 0 radical (unpaired) electrons. The maximum absolute atomic E-state index is 5.56. The molecule has 4 nitrogen and oxygen atoms in total. The van der Waals surface area contributed by atoms with Crippen molar-refractivity contribution in [3.63, 3.8) is 0 Å². The minimum Gasteiger partial charge on any atom is -0.477 e. The van der Waals surface area contributed by atoms with Gasteiger partial charge in [0, 0.05) is 18.3 Å². The van der Waals surface area contributed by atoms with Crippen molar-refractivity contribution in [1.29, 1.82) is 0 Å². The first kappa shape index (κ1) is 7.79. The maximum atomic E-state index is 5.56. The van der Waals surface area contributed by atoms with Gasteiger partial charge in [0.15, 0.2) is 5.65 Å². The predicted octanol–water partition coefficient (Wildman–Crippen LogP) is 1.52. The molecule has 3 rings (SSSR count). The van der Waals surface area contributed by atoms with Gasteiger partial charge in [-0.2, -0.15) is 10.1 Å². The van der Waals surface area contributed by atoms with Crippen molar-refractivity contribution in [2.24, 2.45) is 5.92 Å². The van der Waals surface area contributed by atoms with Crippen LogP contribution in [0.4, 0.5) is 0 Å². The fourth-order valence-corrected chi connectivity index (χ4v) is 1.36. The minimum absolute atomic E-state index is 0.699. The first-order valence-corrected chi connectivity index (χ1v) is 4.85. The van der Waals surface area contributed by atoms with E-state index in [1.807, 2.05) is 18.3 Å². The normalized spacial score (nSPS) is 16.0. The van der Waals surface area contributed by atoms with E-state index < -0.39 is 0 Å². The van der Waals surface area contributed by atoms with Gasteiger partial charge >= 0.3 is 0 Å². The average molecular weight is 189 g/mol. The summed E-state index contributed by atoms with van der Waals surface area (Å²) >= 11 is 0. The van der Waals surface area contributed by atoms with Crippen LogP contribution in [0.2, 0.25) is 0 Å². The third-order valence-corrected chi connectivity index (χ3v) is 2.40. The zero-order chi connectivity index (χ0) is 9.38. The van der Waals surface area contributed by atoms with Crippen LogP contribution in [0, 0.1) is 5.92 Å². The van der Waals surface area contributed by atoms with Gasteiger partial charge in [-0.05, 0) is 18.8 Å². The van der Waals surface area contributed by atoms with Crippen molar-refractivity contribution >= 4 is 5.65 Å². The van der Waals surface area contributed by atoms with Crippen LogP contribution in [0.5, 0.6) is 5.88 Å². The molecule has 0 bridgehead atoms. The van der Waals surface area contributed by atoms with Gasteiger partial charge in [-0.15, -0.1) is 0 Å². The van der Waals surface area contributed by atoms with Crippen molar-refractivity contribution in [2.75, 3.05) is 6.61 Å². The molecule has 0 spiro atoms. The lowest BCUT2D eigenvalue weighted by molar-refractivity contribution is 0.288. The molecule has 0 amide bonds. The lowest BCUT2D eigenvalue weighted by Crippen LogP contribution is -2.01. The van der Waals surface area contributed by atoms with Crippen LogP contribution in [-0.4, -0.2) is 21.2 Å². The minimum atomic E-state index is 0.699. The predicted molar refractivity (Wildman–Crippen MR) is 51.2 cm³/mol. The van der Waals surface area contributed by atoms with Gasteiger partial charge in [0.25, 0.3) is 0 Å². The van der Waals surface area contributed by atoms with Crippen LogP contribution < -0.4 is 4.74 Å². The Morgan fingerprint density at radius 1 is 1.43 bits per heavy atom. The fraction of sp³-hybridized carbons (Fsp3) is 0.400. The monoisotopic (exact) mass is 189 g/mol. The van der Waals surface area contributed by atoms with Crippen LogP contribution in [0.3, 0.4) is 0 Å². The second kappa shape index (κ2) is 2.97. The van der Waals surface area contributed by atoms with Gasteiger partial charge in [-0.25, -0.2) is 4.52 Å². The Morgan fingerprint density at radius 2 is 2.36 bits per heavy atom. The van der Waals surface area contributed by atoms with E-state index in [4.69, 9.17) is 4.74 Å². The number of nitrogens with zero attached hydrogens (tertiary/aromatic N) is 3. The molecule has 1 fully saturated rings. The molecule has 1 aliphatic rings.